The van der Waals surface area contributed by atoms with Gasteiger partial charge < -0.3 is 20.4 Å². The summed E-state index contributed by atoms with van der Waals surface area (Å²) in [6, 6.07) is 0. The lowest BCUT2D eigenvalue weighted by Crippen LogP contribution is -2.40. The van der Waals surface area contributed by atoms with E-state index in [2.05, 4.69) is 0 Å². The minimum Gasteiger partial charge on any atom is -0.508 e. The molecule has 1 atom stereocenters. The van der Waals surface area contributed by atoms with Gasteiger partial charge in [0, 0.05) is 11.3 Å². The van der Waals surface area contributed by atoms with Gasteiger partial charge in [-0.3, -0.25) is 0 Å². The van der Waals surface area contributed by atoms with Crippen LogP contribution in [0.25, 0.3) is 0 Å². The molecule has 0 saturated heterocycles. The Morgan fingerprint density at radius 1 is 1.11 bits per heavy atom. The van der Waals surface area contributed by atoms with E-state index in [9.17, 15) is 20.4 Å². The van der Waals surface area contributed by atoms with E-state index in [1.807, 2.05) is 20.8 Å². The van der Waals surface area contributed by atoms with Crippen LogP contribution in [0, 0.1) is 11.3 Å². The first-order valence-corrected chi connectivity index (χ1v) is 6.86. The van der Waals surface area contributed by atoms with Gasteiger partial charge >= 0.3 is 0 Å². The summed E-state index contributed by atoms with van der Waals surface area (Å²) in [6.07, 6.45) is 5.18. The van der Waals surface area contributed by atoms with Gasteiger partial charge in [-0.05, 0) is 26.2 Å². The lowest BCUT2D eigenvalue weighted by molar-refractivity contribution is -0.189. The van der Waals surface area contributed by atoms with E-state index in [1.165, 1.54) is 0 Å². The quantitative estimate of drug-likeness (QED) is 0.325. The Hall–Kier alpha value is -1.00. The van der Waals surface area contributed by atoms with Crippen molar-refractivity contribution in [1.82, 2.24) is 0 Å². The third-order valence-electron chi connectivity index (χ3n) is 4.12. The Labute approximate surface area is 116 Å². The van der Waals surface area contributed by atoms with Crippen molar-refractivity contribution in [2.75, 3.05) is 0 Å². The van der Waals surface area contributed by atoms with Gasteiger partial charge in [-0.1, -0.05) is 39.8 Å². The molecule has 4 N–H and O–H groups in total. The molecule has 0 aliphatic rings. The maximum absolute atomic E-state index is 10.1. The van der Waals surface area contributed by atoms with Crippen LogP contribution >= 0.6 is 0 Å². The standard InChI is InChI=1S/C15H28O4/c1-6-9-10-11(4)15(18,19)13(17)12(16)14(5,7-2)8-3/h6,9,11,16-19H,7-8,10H2,1-5H3. The number of aliphatic hydroxyl groups is 4. The predicted octanol–water partition coefficient (Wildman–Crippen LogP) is 3.42. The summed E-state index contributed by atoms with van der Waals surface area (Å²) in [6.45, 7) is 8.99. The minimum atomic E-state index is -2.42. The van der Waals surface area contributed by atoms with Gasteiger partial charge in [0.15, 0.2) is 5.76 Å². The minimum absolute atomic E-state index is 0.338. The van der Waals surface area contributed by atoms with Crippen LogP contribution in [0.5, 0.6) is 0 Å². The lowest BCUT2D eigenvalue weighted by atomic mass is 9.80. The zero-order valence-electron chi connectivity index (χ0n) is 12.6. The van der Waals surface area contributed by atoms with Crippen LogP contribution in [-0.2, 0) is 0 Å². The predicted molar refractivity (Wildman–Crippen MR) is 76.7 cm³/mol. The first-order valence-electron chi connectivity index (χ1n) is 6.86. The Morgan fingerprint density at radius 2 is 1.58 bits per heavy atom. The average Bonchev–Trinajstić information content (AvgIpc) is 2.41. The van der Waals surface area contributed by atoms with Crippen molar-refractivity contribution >= 4 is 0 Å². The molecule has 4 heteroatoms. The summed E-state index contributed by atoms with van der Waals surface area (Å²) in [5.41, 5.74) is -0.652. The molecule has 0 saturated carbocycles. The van der Waals surface area contributed by atoms with E-state index in [0.717, 1.165) is 0 Å². The van der Waals surface area contributed by atoms with Crippen molar-refractivity contribution in [3.63, 3.8) is 0 Å². The van der Waals surface area contributed by atoms with Crippen molar-refractivity contribution in [3.8, 4) is 0 Å². The van der Waals surface area contributed by atoms with Crippen LogP contribution in [0.15, 0.2) is 23.7 Å². The first-order chi connectivity index (χ1) is 8.67. The topological polar surface area (TPSA) is 80.9 Å². The maximum Gasteiger partial charge on any atom is 0.229 e. The average molecular weight is 272 g/mol. The second-order valence-electron chi connectivity index (χ2n) is 5.40. The van der Waals surface area contributed by atoms with Crippen LogP contribution in [0.4, 0.5) is 0 Å². The molecule has 19 heavy (non-hydrogen) atoms. The highest BCUT2D eigenvalue weighted by Gasteiger charge is 2.41. The molecule has 0 radical (unpaired) electrons. The molecular formula is C15H28O4. The van der Waals surface area contributed by atoms with Crippen LogP contribution in [0.3, 0.4) is 0 Å². The molecule has 0 aromatic carbocycles. The zero-order chi connectivity index (χ0) is 15.3. The molecule has 0 aromatic heterocycles. The third kappa shape index (κ3) is 3.98. The maximum atomic E-state index is 10.1. The molecule has 0 aliphatic heterocycles. The lowest BCUT2D eigenvalue weighted by Gasteiger charge is -2.32. The number of hydrogen-bond donors (Lipinski definition) is 4. The molecule has 0 fully saturated rings. The fourth-order valence-electron chi connectivity index (χ4n) is 1.78. The second kappa shape index (κ2) is 6.96. The van der Waals surface area contributed by atoms with E-state index in [0.29, 0.717) is 19.3 Å². The van der Waals surface area contributed by atoms with Crippen molar-refractivity contribution in [3.05, 3.63) is 23.7 Å². The summed E-state index contributed by atoms with van der Waals surface area (Å²) >= 11 is 0. The van der Waals surface area contributed by atoms with Crippen molar-refractivity contribution in [2.24, 2.45) is 11.3 Å². The van der Waals surface area contributed by atoms with Crippen LogP contribution < -0.4 is 0 Å². The molecule has 112 valence electrons. The highest BCUT2D eigenvalue weighted by Crippen LogP contribution is 2.38. The number of aliphatic hydroxyl groups excluding tert-OH is 2. The molecule has 0 spiro atoms. The molecule has 0 heterocycles. The fraction of sp³-hybridized carbons (Fsp3) is 0.733. The van der Waals surface area contributed by atoms with Gasteiger partial charge in [0.05, 0.1) is 0 Å². The highest BCUT2D eigenvalue weighted by atomic mass is 16.5. The summed E-state index contributed by atoms with van der Waals surface area (Å²) < 4.78 is 0. The van der Waals surface area contributed by atoms with Crippen molar-refractivity contribution < 1.29 is 20.4 Å². The normalized spacial score (nSPS) is 16.6. The highest BCUT2D eigenvalue weighted by molar-refractivity contribution is 5.16. The van der Waals surface area contributed by atoms with E-state index in [4.69, 9.17) is 0 Å². The molecule has 0 rings (SSSR count). The van der Waals surface area contributed by atoms with Crippen LogP contribution in [-0.4, -0.2) is 26.2 Å². The van der Waals surface area contributed by atoms with E-state index >= 15 is 0 Å². The molecule has 0 aromatic rings. The largest absolute Gasteiger partial charge is 0.508 e. The number of allylic oxidation sites excluding steroid dienone is 3. The van der Waals surface area contributed by atoms with E-state index in [1.54, 1.807) is 26.0 Å². The zero-order valence-corrected chi connectivity index (χ0v) is 12.6. The third-order valence-corrected chi connectivity index (χ3v) is 4.12. The molecule has 4 nitrogen and oxygen atoms in total. The number of hydrogen-bond acceptors (Lipinski definition) is 4. The first kappa shape index (κ1) is 18.0. The Balaban J connectivity index is 5.40. The van der Waals surface area contributed by atoms with E-state index in [-0.39, 0.29) is 5.76 Å². The Kier molecular flexibility index (Phi) is 6.60. The smallest absolute Gasteiger partial charge is 0.229 e. The molecule has 1 unspecified atom stereocenters. The van der Waals surface area contributed by atoms with Gasteiger partial charge in [-0.2, -0.15) is 0 Å². The van der Waals surface area contributed by atoms with Gasteiger partial charge in [0.25, 0.3) is 0 Å². The van der Waals surface area contributed by atoms with Gasteiger partial charge in [-0.25, -0.2) is 0 Å². The Bertz CT molecular complexity index is 338. The van der Waals surface area contributed by atoms with Crippen LogP contribution in [0.1, 0.15) is 53.9 Å². The molecular weight excluding hydrogens is 244 g/mol. The molecule has 0 amide bonds. The van der Waals surface area contributed by atoms with Crippen LogP contribution in [0.2, 0.25) is 0 Å². The monoisotopic (exact) mass is 272 g/mol. The summed E-state index contributed by atoms with van der Waals surface area (Å²) in [7, 11) is 0. The van der Waals surface area contributed by atoms with Crippen molar-refractivity contribution in [1.29, 1.82) is 0 Å². The van der Waals surface area contributed by atoms with E-state index < -0.39 is 22.9 Å². The summed E-state index contributed by atoms with van der Waals surface area (Å²) in [5.74, 6) is -4.12. The molecule has 0 aliphatic carbocycles. The Morgan fingerprint density at radius 3 is 1.95 bits per heavy atom. The van der Waals surface area contributed by atoms with Gasteiger partial charge in [-0.15, -0.1) is 0 Å². The van der Waals surface area contributed by atoms with Gasteiger partial charge in [0.2, 0.25) is 5.79 Å². The molecule has 0 bridgehead atoms. The van der Waals surface area contributed by atoms with Crippen molar-refractivity contribution in [2.45, 2.75) is 59.7 Å². The summed E-state index contributed by atoms with van der Waals surface area (Å²) in [4.78, 5) is 0. The SMILES string of the molecule is CC=CCC(C)C(O)(O)C(O)=C(O)C(C)(CC)CC. The second-order valence-corrected chi connectivity index (χ2v) is 5.40. The fourth-order valence-corrected chi connectivity index (χ4v) is 1.78. The summed E-state index contributed by atoms with van der Waals surface area (Å²) in [5, 5.41) is 40.3. The van der Waals surface area contributed by atoms with Gasteiger partial charge in [0.1, 0.15) is 5.76 Å². The number of rotatable bonds is 7.